The summed E-state index contributed by atoms with van der Waals surface area (Å²) in [5.41, 5.74) is 1.58. The van der Waals surface area contributed by atoms with Crippen molar-refractivity contribution in [2.45, 2.75) is 25.4 Å². The average molecular weight is 322 g/mol. The molecule has 0 spiro atoms. The number of hydrogen-bond acceptors (Lipinski definition) is 4. The molecule has 122 valence electrons. The molecule has 1 saturated heterocycles. The molecule has 0 radical (unpaired) electrons. The van der Waals surface area contributed by atoms with Crippen LogP contribution in [0.2, 0.25) is 0 Å². The van der Waals surface area contributed by atoms with Crippen molar-refractivity contribution < 1.29 is 4.79 Å². The van der Waals surface area contributed by atoms with Gasteiger partial charge < -0.3 is 4.90 Å². The van der Waals surface area contributed by atoms with Crippen LogP contribution in [0.25, 0.3) is 5.69 Å². The molecule has 1 aliphatic heterocycles. The molecule has 1 aromatic carbocycles. The fraction of sp³-hybridized carbons (Fsp3) is 0.294. The zero-order valence-corrected chi connectivity index (χ0v) is 13.2. The molecule has 1 aliphatic rings. The van der Waals surface area contributed by atoms with Crippen LogP contribution < -0.4 is 0 Å². The standard InChI is InChI=1S/C17H18N6O/c24-17(14-4-1-5-15(12-14)23-10-3-7-19-23)22-9-2-6-16(22)13-21-11-8-18-20-21/h1,3-5,7-8,10-12,16H,2,6,9,13H2/t16-/m0/s1. The van der Waals surface area contributed by atoms with Crippen molar-refractivity contribution in [2.24, 2.45) is 0 Å². The maximum absolute atomic E-state index is 13.0. The molecule has 1 atom stereocenters. The van der Waals surface area contributed by atoms with Gasteiger partial charge in [0.2, 0.25) is 0 Å². The van der Waals surface area contributed by atoms with Gasteiger partial charge >= 0.3 is 0 Å². The minimum absolute atomic E-state index is 0.0617. The molecule has 3 heterocycles. The first-order valence-corrected chi connectivity index (χ1v) is 8.06. The van der Waals surface area contributed by atoms with Crippen LogP contribution in [0, 0.1) is 0 Å². The lowest BCUT2D eigenvalue weighted by Crippen LogP contribution is -2.38. The van der Waals surface area contributed by atoms with Crippen molar-refractivity contribution in [3.05, 3.63) is 60.7 Å². The lowest BCUT2D eigenvalue weighted by molar-refractivity contribution is 0.0721. The summed E-state index contributed by atoms with van der Waals surface area (Å²) in [4.78, 5) is 14.9. The Morgan fingerprint density at radius 1 is 1.21 bits per heavy atom. The highest BCUT2D eigenvalue weighted by Crippen LogP contribution is 2.22. The first kappa shape index (κ1) is 14.6. The summed E-state index contributed by atoms with van der Waals surface area (Å²) in [5.74, 6) is 0.0617. The molecule has 7 nitrogen and oxygen atoms in total. The summed E-state index contributed by atoms with van der Waals surface area (Å²) in [6, 6.07) is 9.62. The van der Waals surface area contributed by atoms with Crippen molar-refractivity contribution in [1.82, 2.24) is 29.7 Å². The minimum Gasteiger partial charge on any atom is -0.334 e. The summed E-state index contributed by atoms with van der Waals surface area (Å²) < 4.78 is 3.55. The summed E-state index contributed by atoms with van der Waals surface area (Å²) in [6.07, 6.45) is 9.10. The predicted molar refractivity (Wildman–Crippen MR) is 87.6 cm³/mol. The lowest BCUT2D eigenvalue weighted by Gasteiger charge is -2.24. The number of likely N-dealkylation sites (tertiary alicyclic amines) is 1. The Balaban J connectivity index is 1.55. The van der Waals surface area contributed by atoms with Crippen molar-refractivity contribution >= 4 is 5.91 Å². The van der Waals surface area contributed by atoms with E-state index in [9.17, 15) is 4.79 Å². The molecular formula is C17H18N6O. The fourth-order valence-electron chi connectivity index (χ4n) is 3.21. The Morgan fingerprint density at radius 3 is 2.96 bits per heavy atom. The smallest absolute Gasteiger partial charge is 0.254 e. The zero-order valence-electron chi connectivity index (χ0n) is 13.2. The molecule has 0 aliphatic carbocycles. The van der Waals surface area contributed by atoms with E-state index in [2.05, 4.69) is 15.4 Å². The second-order valence-corrected chi connectivity index (χ2v) is 5.92. The van der Waals surface area contributed by atoms with Crippen LogP contribution in [-0.4, -0.2) is 48.2 Å². The molecule has 4 rings (SSSR count). The number of hydrogen-bond donors (Lipinski definition) is 0. The van der Waals surface area contributed by atoms with Gasteiger partial charge in [-0.15, -0.1) is 5.10 Å². The number of amides is 1. The Bertz CT molecular complexity index is 811. The molecular weight excluding hydrogens is 304 g/mol. The number of nitrogens with zero attached hydrogens (tertiary/aromatic N) is 6. The second kappa shape index (κ2) is 6.27. The van der Waals surface area contributed by atoms with E-state index >= 15 is 0 Å². The summed E-state index contributed by atoms with van der Waals surface area (Å²) >= 11 is 0. The highest BCUT2D eigenvalue weighted by atomic mass is 16.2. The summed E-state index contributed by atoms with van der Waals surface area (Å²) in [6.45, 7) is 1.47. The van der Waals surface area contributed by atoms with E-state index in [0.29, 0.717) is 12.1 Å². The molecule has 24 heavy (non-hydrogen) atoms. The van der Waals surface area contributed by atoms with Crippen molar-refractivity contribution in [1.29, 1.82) is 0 Å². The SMILES string of the molecule is O=C(c1cccc(-n2cccn2)c1)N1CCC[C@H]1Cn1ccnn1. The highest BCUT2D eigenvalue weighted by molar-refractivity contribution is 5.95. The maximum Gasteiger partial charge on any atom is 0.254 e. The number of carbonyl (C=O) groups excluding carboxylic acids is 1. The third-order valence-electron chi connectivity index (χ3n) is 4.37. The molecule has 0 saturated carbocycles. The molecule has 1 amide bonds. The van der Waals surface area contributed by atoms with Crippen LogP contribution in [-0.2, 0) is 6.54 Å². The number of benzene rings is 1. The van der Waals surface area contributed by atoms with Crippen LogP contribution in [0.5, 0.6) is 0 Å². The first-order chi connectivity index (χ1) is 11.8. The number of carbonyl (C=O) groups is 1. The van der Waals surface area contributed by atoms with Crippen LogP contribution in [0.3, 0.4) is 0 Å². The van der Waals surface area contributed by atoms with Gasteiger partial charge in [-0.3, -0.25) is 9.48 Å². The molecule has 3 aromatic rings. The lowest BCUT2D eigenvalue weighted by atomic mass is 10.1. The number of aromatic nitrogens is 5. The van der Waals surface area contributed by atoms with E-state index in [1.807, 2.05) is 47.6 Å². The summed E-state index contributed by atoms with van der Waals surface area (Å²) in [5, 5.41) is 12.1. The number of rotatable bonds is 4. The molecule has 0 N–H and O–H groups in total. The Kier molecular flexibility index (Phi) is 3.82. The van der Waals surface area contributed by atoms with Gasteiger partial charge in [0.15, 0.2) is 0 Å². The van der Waals surface area contributed by atoms with E-state index in [-0.39, 0.29) is 11.9 Å². The first-order valence-electron chi connectivity index (χ1n) is 8.06. The van der Waals surface area contributed by atoms with E-state index in [0.717, 1.165) is 25.1 Å². The van der Waals surface area contributed by atoms with E-state index in [1.54, 1.807) is 21.8 Å². The van der Waals surface area contributed by atoms with Gasteiger partial charge in [0, 0.05) is 30.7 Å². The van der Waals surface area contributed by atoms with Gasteiger partial charge in [0.1, 0.15) is 0 Å². The second-order valence-electron chi connectivity index (χ2n) is 5.92. The monoisotopic (exact) mass is 322 g/mol. The van der Waals surface area contributed by atoms with Crippen molar-refractivity contribution in [2.75, 3.05) is 6.54 Å². The van der Waals surface area contributed by atoms with Gasteiger partial charge in [-0.2, -0.15) is 5.10 Å². The van der Waals surface area contributed by atoms with Gasteiger partial charge in [-0.05, 0) is 37.1 Å². The third-order valence-corrected chi connectivity index (χ3v) is 4.37. The van der Waals surface area contributed by atoms with Gasteiger partial charge in [-0.1, -0.05) is 11.3 Å². The molecule has 2 aromatic heterocycles. The highest BCUT2D eigenvalue weighted by Gasteiger charge is 2.30. The van der Waals surface area contributed by atoms with E-state index in [4.69, 9.17) is 0 Å². The fourth-order valence-corrected chi connectivity index (χ4v) is 3.21. The normalized spacial score (nSPS) is 17.3. The van der Waals surface area contributed by atoms with Gasteiger partial charge in [-0.25, -0.2) is 4.68 Å². The molecule has 7 heteroatoms. The van der Waals surface area contributed by atoms with E-state index in [1.165, 1.54) is 0 Å². The van der Waals surface area contributed by atoms with Gasteiger partial charge in [0.25, 0.3) is 5.91 Å². The van der Waals surface area contributed by atoms with Crippen LogP contribution in [0.4, 0.5) is 0 Å². The van der Waals surface area contributed by atoms with E-state index < -0.39 is 0 Å². The maximum atomic E-state index is 13.0. The van der Waals surface area contributed by atoms with Crippen molar-refractivity contribution in [3.63, 3.8) is 0 Å². The molecule has 1 fully saturated rings. The molecule has 0 bridgehead atoms. The third kappa shape index (κ3) is 2.80. The topological polar surface area (TPSA) is 68.8 Å². The van der Waals surface area contributed by atoms with Gasteiger partial charge in [0.05, 0.1) is 24.5 Å². The largest absolute Gasteiger partial charge is 0.334 e. The Morgan fingerprint density at radius 2 is 2.17 bits per heavy atom. The Hall–Kier alpha value is -2.96. The van der Waals surface area contributed by atoms with Crippen molar-refractivity contribution in [3.8, 4) is 5.69 Å². The molecule has 0 unspecified atom stereocenters. The quantitative estimate of drug-likeness (QED) is 0.734. The predicted octanol–water partition coefficient (Wildman–Crippen LogP) is 1.77. The minimum atomic E-state index is 0.0617. The van der Waals surface area contributed by atoms with Crippen LogP contribution in [0.15, 0.2) is 55.1 Å². The van der Waals surface area contributed by atoms with Crippen LogP contribution >= 0.6 is 0 Å². The zero-order chi connectivity index (χ0) is 16.4. The summed E-state index contributed by atoms with van der Waals surface area (Å²) in [7, 11) is 0. The Labute approximate surface area is 139 Å². The average Bonchev–Trinajstić information content (AvgIpc) is 3.37. The van der Waals surface area contributed by atoms with Crippen LogP contribution in [0.1, 0.15) is 23.2 Å².